The molecule has 128 valence electrons. The highest BCUT2D eigenvalue weighted by molar-refractivity contribution is 7.93. The number of nitrogens with one attached hydrogen (secondary N) is 3. The predicted molar refractivity (Wildman–Crippen MR) is 93.6 cm³/mol. The summed E-state index contributed by atoms with van der Waals surface area (Å²) in [5, 5.41) is 7.78. The summed E-state index contributed by atoms with van der Waals surface area (Å²) in [6, 6.07) is 6.14. The summed E-state index contributed by atoms with van der Waals surface area (Å²) in [6.45, 7) is 1.06. The van der Waals surface area contributed by atoms with E-state index in [0.717, 1.165) is 6.54 Å². The van der Waals surface area contributed by atoms with Crippen LogP contribution in [0.4, 0.5) is 10.8 Å². The van der Waals surface area contributed by atoms with Gasteiger partial charge in [0.15, 0.2) is 5.13 Å². The molecule has 0 unspecified atom stereocenters. The number of hydrogen-bond acceptors (Lipinski definition) is 6. The van der Waals surface area contributed by atoms with E-state index >= 15 is 0 Å². The van der Waals surface area contributed by atoms with Crippen LogP contribution in [0.25, 0.3) is 0 Å². The molecule has 1 amide bonds. The van der Waals surface area contributed by atoms with Crippen LogP contribution in [0.15, 0.2) is 40.7 Å². The summed E-state index contributed by atoms with van der Waals surface area (Å²) < 4.78 is 27.0. The Hall–Kier alpha value is -1.97. The van der Waals surface area contributed by atoms with Gasteiger partial charge >= 0.3 is 0 Å². The van der Waals surface area contributed by atoms with Crippen molar-refractivity contribution in [2.75, 3.05) is 23.1 Å². The molecule has 2 aromatic rings. The highest BCUT2D eigenvalue weighted by Gasteiger charge is 2.20. The molecule has 7 nitrogen and oxygen atoms in total. The van der Waals surface area contributed by atoms with Gasteiger partial charge in [0.1, 0.15) is 0 Å². The van der Waals surface area contributed by atoms with Crippen LogP contribution in [0.2, 0.25) is 0 Å². The van der Waals surface area contributed by atoms with Gasteiger partial charge in [-0.05, 0) is 43.5 Å². The zero-order valence-corrected chi connectivity index (χ0v) is 14.5. The van der Waals surface area contributed by atoms with E-state index in [1.165, 1.54) is 42.5 Å². The lowest BCUT2D eigenvalue weighted by atomic mass is 10.3. The number of nitrogens with zero attached hydrogens (tertiary/aromatic N) is 1. The Labute approximate surface area is 144 Å². The van der Waals surface area contributed by atoms with Crippen LogP contribution < -0.4 is 15.4 Å². The molecule has 0 radical (unpaired) electrons. The highest BCUT2D eigenvalue weighted by Crippen LogP contribution is 2.27. The Morgan fingerprint density at radius 2 is 2.17 bits per heavy atom. The maximum absolute atomic E-state index is 12.3. The van der Waals surface area contributed by atoms with E-state index in [0.29, 0.717) is 16.7 Å². The number of thiazole rings is 1. The normalized spacial score (nSPS) is 14.3. The van der Waals surface area contributed by atoms with Crippen LogP contribution in [0.1, 0.15) is 12.8 Å². The molecule has 1 heterocycles. The monoisotopic (exact) mass is 366 g/mol. The fraction of sp³-hybridized carbons (Fsp3) is 0.333. The Morgan fingerprint density at radius 3 is 2.88 bits per heavy atom. The van der Waals surface area contributed by atoms with Gasteiger partial charge in [0.25, 0.3) is 10.0 Å². The maximum Gasteiger partial charge on any atom is 0.263 e. The molecule has 3 N–H and O–H groups in total. The number of rotatable bonds is 8. The zero-order chi connectivity index (χ0) is 17.0. The maximum atomic E-state index is 12.3. The standard InChI is InChI=1S/C15H18N4O3S2/c20-14(10-16-9-11-4-5-11)18-12-2-1-3-13(8-12)24(21,22)19-15-17-6-7-23-15/h1-3,6-8,11,16H,4-5,9-10H2,(H,17,19)(H,18,20). The number of carbonyl (C=O) groups is 1. The number of anilines is 2. The first-order valence-electron chi connectivity index (χ1n) is 7.56. The molecule has 0 bridgehead atoms. The Balaban J connectivity index is 1.61. The molecule has 1 aromatic carbocycles. The number of amides is 1. The molecule has 1 aromatic heterocycles. The molecule has 0 saturated heterocycles. The van der Waals surface area contributed by atoms with Crippen molar-refractivity contribution in [3.8, 4) is 0 Å². The second-order valence-corrected chi connectivity index (χ2v) is 8.17. The minimum Gasteiger partial charge on any atom is -0.325 e. The molecule has 3 rings (SSSR count). The summed E-state index contributed by atoms with van der Waals surface area (Å²) >= 11 is 1.20. The summed E-state index contributed by atoms with van der Waals surface area (Å²) in [6.07, 6.45) is 3.97. The van der Waals surface area contributed by atoms with Crippen LogP contribution in [-0.2, 0) is 14.8 Å². The van der Waals surface area contributed by atoms with E-state index < -0.39 is 10.0 Å². The largest absolute Gasteiger partial charge is 0.325 e. The molecule has 0 aliphatic heterocycles. The summed E-state index contributed by atoms with van der Waals surface area (Å²) in [5.74, 6) is 0.501. The topological polar surface area (TPSA) is 100 Å². The van der Waals surface area contributed by atoms with Gasteiger partial charge < -0.3 is 10.6 Å². The summed E-state index contributed by atoms with van der Waals surface area (Å²) in [4.78, 5) is 15.9. The van der Waals surface area contributed by atoms with Gasteiger partial charge in [-0.15, -0.1) is 11.3 Å². The average molecular weight is 366 g/mol. The van der Waals surface area contributed by atoms with Crippen molar-refractivity contribution in [1.82, 2.24) is 10.3 Å². The molecule has 1 fully saturated rings. The summed E-state index contributed by atoms with van der Waals surface area (Å²) in [7, 11) is -3.73. The highest BCUT2D eigenvalue weighted by atomic mass is 32.2. The van der Waals surface area contributed by atoms with Crippen LogP contribution in [-0.4, -0.2) is 32.4 Å². The third-order valence-electron chi connectivity index (χ3n) is 3.50. The number of hydrogen-bond donors (Lipinski definition) is 3. The molecule has 1 aliphatic rings. The third-order valence-corrected chi connectivity index (χ3v) is 5.65. The van der Waals surface area contributed by atoms with Crippen LogP contribution in [0.5, 0.6) is 0 Å². The van der Waals surface area contributed by atoms with Gasteiger partial charge in [0.05, 0.1) is 11.4 Å². The van der Waals surface area contributed by atoms with E-state index in [-0.39, 0.29) is 17.3 Å². The molecule has 9 heteroatoms. The van der Waals surface area contributed by atoms with Gasteiger partial charge in [-0.25, -0.2) is 13.4 Å². The smallest absolute Gasteiger partial charge is 0.263 e. The lowest BCUT2D eigenvalue weighted by molar-refractivity contribution is -0.115. The Kier molecular flexibility index (Phi) is 5.12. The minimum absolute atomic E-state index is 0.0708. The van der Waals surface area contributed by atoms with Crippen molar-refractivity contribution < 1.29 is 13.2 Å². The SMILES string of the molecule is O=C(CNCC1CC1)Nc1cccc(S(=O)(=O)Nc2nccs2)c1. The summed E-state index contributed by atoms with van der Waals surface area (Å²) in [5.41, 5.74) is 0.440. The zero-order valence-electron chi connectivity index (χ0n) is 12.9. The second kappa shape index (κ2) is 7.29. The van der Waals surface area contributed by atoms with Gasteiger partial charge in [0, 0.05) is 17.3 Å². The second-order valence-electron chi connectivity index (χ2n) is 5.59. The Bertz CT molecular complexity index is 802. The van der Waals surface area contributed by atoms with E-state index in [4.69, 9.17) is 0 Å². The first kappa shape index (κ1) is 16.9. The van der Waals surface area contributed by atoms with E-state index in [1.54, 1.807) is 17.5 Å². The molecular weight excluding hydrogens is 348 g/mol. The minimum atomic E-state index is -3.73. The average Bonchev–Trinajstić information content (AvgIpc) is 3.22. The first-order chi connectivity index (χ1) is 11.5. The lowest BCUT2D eigenvalue weighted by Gasteiger charge is -2.09. The number of sulfonamides is 1. The molecule has 1 aliphatic carbocycles. The van der Waals surface area contributed by atoms with Crippen LogP contribution in [0, 0.1) is 5.92 Å². The predicted octanol–water partition coefficient (Wildman–Crippen LogP) is 1.88. The number of aromatic nitrogens is 1. The van der Waals surface area contributed by atoms with Gasteiger partial charge in [-0.1, -0.05) is 6.07 Å². The molecular formula is C15H18N4O3S2. The van der Waals surface area contributed by atoms with Crippen LogP contribution >= 0.6 is 11.3 Å². The first-order valence-corrected chi connectivity index (χ1v) is 9.92. The van der Waals surface area contributed by atoms with E-state index in [9.17, 15) is 13.2 Å². The van der Waals surface area contributed by atoms with Crippen LogP contribution in [0.3, 0.4) is 0 Å². The third kappa shape index (κ3) is 4.76. The quantitative estimate of drug-likeness (QED) is 0.662. The fourth-order valence-electron chi connectivity index (χ4n) is 2.11. The molecule has 24 heavy (non-hydrogen) atoms. The van der Waals surface area contributed by atoms with Crippen molar-refractivity contribution in [2.24, 2.45) is 5.92 Å². The molecule has 1 saturated carbocycles. The van der Waals surface area contributed by atoms with E-state index in [2.05, 4.69) is 20.3 Å². The van der Waals surface area contributed by atoms with Gasteiger partial charge in [-0.2, -0.15) is 0 Å². The molecule has 0 spiro atoms. The van der Waals surface area contributed by atoms with E-state index in [1.807, 2.05) is 0 Å². The lowest BCUT2D eigenvalue weighted by Crippen LogP contribution is -2.29. The van der Waals surface area contributed by atoms with Gasteiger partial charge in [0.2, 0.25) is 5.91 Å². The van der Waals surface area contributed by atoms with Crippen molar-refractivity contribution in [3.05, 3.63) is 35.8 Å². The Morgan fingerprint density at radius 1 is 1.33 bits per heavy atom. The fourth-order valence-corrected chi connectivity index (χ4v) is 3.94. The van der Waals surface area contributed by atoms with Crippen molar-refractivity contribution in [2.45, 2.75) is 17.7 Å². The van der Waals surface area contributed by atoms with Crippen molar-refractivity contribution in [3.63, 3.8) is 0 Å². The van der Waals surface area contributed by atoms with Crippen molar-refractivity contribution >= 4 is 38.1 Å². The van der Waals surface area contributed by atoms with Gasteiger partial charge in [-0.3, -0.25) is 9.52 Å². The number of benzene rings is 1. The number of carbonyl (C=O) groups excluding carboxylic acids is 1. The molecule has 0 atom stereocenters. The van der Waals surface area contributed by atoms with Crippen molar-refractivity contribution in [1.29, 1.82) is 0 Å².